The first-order chi connectivity index (χ1) is 8.94. The summed E-state index contributed by atoms with van der Waals surface area (Å²) >= 11 is 0. The van der Waals surface area contributed by atoms with Crippen LogP contribution >= 0.6 is 0 Å². The smallest absolute Gasteiger partial charge is 0.323 e. The van der Waals surface area contributed by atoms with Crippen molar-refractivity contribution in [2.75, 3.05) is 7.11 Å². The van der Waals surface area contributed by atoms with Gasteiger partial charge in [-0.25, -0.2) is 8.42 Å². The standard InChI is InChI=1S/C12H17NO5S/c1-3-11(12(15)18-2)13-19(16,17)10-6-4-5-9(7-10)8-14/h4-7,11,13-14H,3,8H2,1-2H3. The van der Waals surface area contributed by atoms with Gasteiger partial charge < -0.3 is 9.84 Å². The van der Waals surface area contributed by atoms with Gasteiger partial charge in [0.2, 0.25) is 10.0 Å². The molecule has 1 aromatic rings. The molecule has 0 spiro atoms. The van der Waals surface area contributed by atoms with Crippen molar-refractivity contribution in [3.63, 3.8) is 0 Å². The molecule has 6 nitrogen and oxygen atoms in total. The number of sulfonamides is 1. The maximum Gasteiger partial charge on any atom is 0.323 e. The van der Waals surface area contributed by atoms with Crippen molar-refractivity contribution in [2.24, 2.45) is 0 Å². The van der Waals surface area contributed by atoms with E-state index in [0.717, 1.165) is 0 Å². The van der Waals surface area contributed by atoms with Crippen molar-refractivity contribution in [1.29, 1.82) is 0 Å². The van der Waals surface area contributed by atoms with E-state index in [4.69, 9.17) is 5.11 Å². The van der Waals surface area contributed by atoms with Crippen LogP contribution in [0.4, 0.5) is 0 Å². The number of rotatable bonds is 6. The third-order valence-corrected chi connectivity index (χ3v) is 4.05. The number of hydrogen-bond acceptors (Lipinski definition) is 5. The number of carbonyl (C=O) groups is 1. The number of hydrogen-bond donors (Lipinski definition) is 2. The predicted molar refractivity (Wildman–Crippen MR) is 68.8 cm³/mol. The second-order valence-electron chi connectivity index (χ2n) is 3.91. The zero-order valence-electron chi connectivity index (χ0n) is 10.8. The van der Waals surface area contributed by atoms with E-state index in [1.165, 1.54) is 25.3 Å². The summed E-state index contributed by atoms with van der Waals surface area (Å²) in [6.45, 7) is 1.42. The lowest BCUT2D eigenvalue weighted by molar-refractivity contribution is -0.142. The minimum atomic E-state index is -3.82. The quantitative estimate of drug-likeness (QED) is 0.739. The third kappa shape index (κ3) is 4.02. The largest absolute Gasteiger partial charge is 0.468 e. The number of aliphatic hydroxyl groups is 1. The van der Waals surface area contributed by atoms with E-state index in [0.29, 0.717) is 5.56 Å². The van der Waals surface area contributed by atoms with Gasteiger partial charge in [0.15, 0.2) is 0 Å². The first-order valence-electron chi connectivity index (χ1n) is 5.74. The molecule has 0 aliphatic carbocycles. The van der Waals surface area contributed by atoms with E-state index in [9.17, 15) is 13.2 Å². The Morgan fingerprint density at radius 3 is 2.68 bits per heavy atom. The summed E-state index contributed by atoms with van der Waals surface area (Å²) in [6, 6.07) is 4.96. The SMILES string of the molecule is CCC(NS(=O)(=O)c1cccc(CO)c1)C(=O)OC. The van der Waals surface area contributed by atoms with Gasteiger partial charge in [0.05, 0.1) is 18.6 Å². The minimum absolute atomic E-state index is 0.00130. The monoisotopic (exact) mass is 287 g/mol. The molecule has 1 aromatic carbocycles. The lowest BCUT2D eigenvalue weighted by Gasteiger charge is -2.15. The van der Waals surface area contributed by atoms with Crippen molar-refractivity contribution in [3.05, 3.63) is 29.8 Å². The Balaban J connectivity index is 3.00. The Morgan fingerprint density at radius 2 is 2.16 bits per heavy atom. The minimum Gasteiger partial charge on any atom is -0.468 e. The highest BCUT2D eigenvalue weighted by Crippen LogP contribution is 2.13. The van der Waals surface area contributed by atoms with Crippen LogP contribution in [0.1, 0.15) is 18.9 Å². The van der Waals surface area contributed by atoms with E-state index in [2.05, 4.69) is 9.46 Å². The topological polar surface area (TPSA) is 92.7 Å². The van der Waals surface area contributed by atoms with Crippen LogP contribution in [0.2, 0.25) is 0 Å². The number of methoxy groups -OCH3 is 1. The van der Waals surface area contributed by atoms with Crippen LogP contribution in [-0.2, 0) is 26.2 Å². The molecule has 2 N–H and O–H groups in total. The number of ether oxygens (including phenoxy) is 1. The van der Waals surface area contributed by atoms with Gasteiger partial charge in [0, 0.05) is 0 Å². The molecular formula is C12H17NO5S. The number of nitrogens with one attached hydrogen (secondary N) is 1. The van der Waals surface area contributed by atoms with E-state index in [1.807, 2.05) is 0 Å². The van der Waals surface area contributed by atoms with Crippen LogP contribution < -0.4 is 4.72 Å². The third-order valence-electron chi connectivity index (χ3n) is 2.58. The molecule has 0 heterocycles. The number of benzene rings is 1. The Labute approximate surface area is 112 Å². The van der Waals surface area contributed by atoms with Gasteiger partial charge in [0.25, 0.3) is 0 Å². The summed E-state index contributed by atoms with van der Waals surface area (Å²) in [7, 11) is -2.62. The van der Waals surface area contributed by atoms with Gasteiger partial charge in [0.1, 0.15) is 6.04 Å². The van der Waals surface area contributed by atoms with Crippen LogP contribution in [0, 0.1) is 0 Å². The first-order valence-corrected chi connectivity index (χ1v) is 7.23. The summed E-state index contributed by atoms with van der Waals surface area (Å²) in [5.41, 5.74) is 0.481. The molecule has 0 aromatic heterocycles. The summed E-state index contributed by atoms with van der Waals surface area (Å²) in [4.78, 5) is 11.4. The van der Waals surface area contributed by atoms with E-state index in [-0.39, 0.29) is 17.9 Å². The zero-order chi connectivity index (χ0) is 14.5. The maximum absolute atomic E-state index is 12.1. The lowest BCUT2D eigenvalue weighted by Crippen LogP contribution is -2.40. The van der Waals surface area contributed by atoms with Crippen LogP contribution in [-0.4, -0.2) is 32.6 Å². The van der Waals surface area contributed by atoms with E-state index < -0.39 is 22.0 Å². The Morgan fingerprint density at radius 1 is 1.47 bits per heavy atom. The normalized spacial score (nSPS) is 13.0. The highest BCUT2D eigenvalue weighted by atomic mass is 32.2. The fourth-order valence-electron chi connectivity index (χ4n) is 1.51. The molecule has 0 bridgehead atoms. The van der Waals surface area contributed by atoms with Crippen LogP contribution in [0.15, 0.2) is 29.2 Å². The van der Waals surface area contributed by atoms with Crippen LogP contribution in [0.5, 0.6) is 0 Å². The van der Waals surface area contributed by atoms with Gasteiger partial charge in [-0.15, -0.1) is 0 Å². The number of esters is 1. The highest BCUT2D eigenvalue weighted by molar-refractivity contribution is 7.89. The van der Waals surface area contributed by atoms with Gasteiger partial charge in [-0.05, 0) is 24.1 Å². The van der Waals surface area contributed by atoms with Crippen molar-refractivity contribution in [3.8, 4) is 0 Å². The second kappa shape index (κ2) is 6.65. The molecule has 0 aliphatic heterocycles. The summed E-state index contributed by atoms with van der Waals surface area (Å²) in [5.74, 6) is -0.635. The molecule has 0 aliphatic rings. The molecule has 0 saturated carbocycles. The Kier molecular flexibility index (Phi) is 5.46. The predicted octanol–water partition coefficient (Wildman–Crippen LogP) is 0.409. The van der Waals surface area contributed by atoms with Gasteiger partial charge in [-0.2, -0.15) is 4.72 Å². The molecular weight excluding hydrogens is 270 g/mol. The van der Waals surface area contributed by atoms with Crippen LogP contribution in [0.25, 0.3) is 0 Å². The fraction of sp³-hybridized carbons (Fsp3) is 0.417. The molecule has 1 unspecified atom stereocenters. The summed E-state index contributed by atoms with van der Waals surface area (Å²) in [5, 5.41) is 8.99. The molecule has 0 saturated heterocycles. The van der Waals surface area contributed by atoms with Gasteiger partial charge in [-0.1, -0.05) is 19.1 Å². The summed E-state index contributed by atoms with van der Waals surface area (Å²) in [6.07, 6.45) is 0.283. The molecule has 0 amide bonds. The molecule has 1 atom stereocenters. The number of carbonyl (C=O) groups excluding carboxylic acids is 1. The molecule has 19 heavy (non-hydrogen) atoms. The zero-order valence-corrected chi connectivity index (χ0v) is 11.6. The Hall–Kier alpha value is -1.44. The van der Waals surface area contributed by atoms with Crippen molar-refractivity contribution >= 4 is 16.0 Å². The van der Waals surface area contributed by atoms with Crippen molar-refractivity contribution in [1.82, 2.24) is 4.72 Å². The molecule has 0 radical (unpaired) electrons. The van der Waals surface area contributed by atoms with Crippen molar-refractivity contribution < 1.29 is 23.1 Å². The Bertz CT molecular complexity index is 541. The highest BCUT2D eigenvalue weighted by Gasteiger charge is 2.24. The first kappa shape index (κ1) is 15.6. The average molecular weight is 287 g/mol. The van der Waals surface area contributed by atoms with Crippen LogP contribution in [0.3, 0.4) is 0 Å². The van der Waals surface area contributed by atoms with Crippen molar-refractivity contribution in [2.45, 2.75) is 30.9 Å². The number of aliphatic hydroxyl groups excluding tert-OH is 1. The molecule has 1 rings (SSSR count). The van der Waals surface area contributed by atoms with Gasteiger partial charge >= 0.3 is 5.97 Å². The van der Waals surface area contributed by atoms with E-state index >= 15 is 0 Å². The average Bonchev–Trinajstić information content (AvgIpc) is 2.44. The second-order valence-corrected chi connectivity index (χ2v) is 5.62. The fourth-order valence-corrected chi connectivity index (χ4v) is 2.84. The molecule has 7 heteroatoms. The van der Waals surface area contributed by atoms with E-state index in [1.54, 1.807) is 13.0 Å². The maximum atomic E-state index is 12.1. The molecule has 0 fully saturated rings. The summed E-state index contributed by atoms with van der Waals surface area (Å²) < 4.78 is 31.0. The molecule has 106 valence electrons. The van der Waals surface area contributed by atoms with Gasteiger partial charge in [-0.3, -0.25) is 4.79 Å². The lowest BCUT2D eigenvalue weighted by atomic mass is 10.2.